The fraction of sp³-hybridized carbons (Fsp3) is 0.917. The molecule has 0 aromatic heterocycles. The van der Waals surface area contributed by atoms with Crippen molar-refractivity contribution in [3.8, 4) is 6.07 Å². The van der Waals surface area contributed by atoms with Gasteiger partial charge in [-0.15, -0.1) is 0 Å². The summed E-state index contributed by atoms with van der Waals surface area (Å²) in [7, 11) is 0. The van der Waals surface area contributed by atoms with Crippen molar-refractivity contribution in [1.29, 1.82) is 5.26 Å². The molecule has 0 fully saturated rings. The molecule has 3 nitrogen and oxygen atoms in total. The van der Waals surface area contributed by atoms with Gasteiger partial charge in [0.2, 0.25) is 0 Å². The Morgan fingerprint density at radius 3 is 2.40 bits per heavy atom. The minimum absolute atomic E-state index is 0.0508. The second-order valence-corrected chi connectivity index (χ2v) is 4.16. The molecular weight excluding hydrogens is 188 g/mol. The third kappa shape index (κ3) is 5.76. The zero-order chi connectivity index (χ0) is 11.6. The monoisotopic (exact) mass is 212 g/mol. The molecule has 0 amide bonds. The molecule has 0 aliphatic heterocycles. The van der Waals surface area contributed by atoms with Gasteiger partial charge in [-0.3, -0.25) is 0 Å². The maximum Gasteiger partial charge on any atom is 0.0621 e. The smallest absolute Gasteiger partial charge is 0.0621 e. The molecule has 0 heterocycles. The Morgan fingerprint density at radius 2 is 1.93 bits per heavy atom. The first kappa shape index (κ1) is 14.4. The van der Waals surface area contributed by atoms with Gasteiger partial charge >= 0.3 is 0 Å². The molecule has 88 valence electrons. The highest BCUT2D eigenvalue weighted by Crippen LogP contribution is 2.24. The molecule has 0 aliphatic rings. The summed E-state index contributed by atoms with van der Waals surface area (Å²) >= 11 is 0. The lowest BCUT2D eigenvalue weighted by atomic mass is 9.83. The van der Waals surface area contributed by atoms with Crippen molar-refractivity contribution in [3.63, 3.8) is 0 Å². The van der Waals surface area contributed by atoms with E-state index < -0.39 is 0 Å². The Labute approximate surface area is 93.5 Å². The van der Waals surface area contributed by atoms with E-state index in [1.165, 1.54) is 0 Å². The van der Waals surface area contributed by atoms with Crippen molar-refractivity contribution in [3.05, 3.63) is 0 Å². The molecule has 3 heteroatoms. The molecule has 2 N–H and O–H groups in total. The summed E-state index contributed by atoms with van der Waals surface area (Å²) in [6.07, 6.45) is 4.67. The molecule has 0 radical (unpaired) electrons. The Morgan fingerprint density at radius 1 is 1.27 bits per heavy atom. The SMILES string of the molecule is CCC(CC)(CO)CNCCCCC#N. The van der Waals surface area contributed by atoms with Crippen molar-refractivity contribution < 1.29 is 5.11 Å². The number of nitrogens with one attached hydrogen (secondary N) is 1. The molecule has 0 bridgehead atoms. The van der Waals surface area contributed by atoms with Crippen molar-refractivity contribution >= 4 is 0 Å². The molecule has 0 atom stereocenters. The predicted molar refractivity (Wildman–Crippen MR) is 62.4 cm³/mol. The van der Waals surface area contributed by atoms with Gasteiger partial charge in [0.1, 0.15) is 0 Å². The van der Waals surface area contributed by atoms with E-state index in [0.29, 0.717) is 6.42 Å². The molecule has 0 rings (SSSR count). The molecule has 0 unspecified atom stereocenters. The zero-order valence-electron chi connectivity index (χ0n) is 10.1. The summed E-state index contributed by atoms with van der Waals surface area (Å²) in [5.74, 6) is 0. The van der Waals surface area contributed by atoms with E-state index in [9.17, 15) is 5.11 Å². The fourth-order valence-electron chi connectivity index (χ4n) is 1.59. The van der Waals surface area contributed by atoms with Gasteiger partial charge in [-0.05, 0) is 32.2 Å². The highest BCUT2D eigenvalue weighted by atomic mass is 16.3. The fourth-order valence-corrected chi connectivity index (χ4v) is 1.59. The molecule has 0 spiro atoms. The van der Waals surface area contributed by atoms with E-state index in [2.05, 4.69) is 25.2 Å². The van der Waals surface area contributed by atoms with Gasteiger partial charge < -0.3 is 10.4 Å². The van der Waals surface area contributed by atoms with Crippen LogP contribution in [-0.4, -0.2) is 24.8 Å². The van der Waals surface area contributed by atoms with Crippen LogP contribution in [0.5, 0.6) is 0 Å². The van der Waals surface area contributed by atoms with Crippen molar-refractivity contribution in [2.24, 2.45) is 5.41 Å². The summed E-state index contributed by atoms with van der Waals surface area (Å²) in [6.45, 7) is 6.33. The zero-order valence-corrected chi connectivity index (χ0v) is 10.1. The molecular formula is C12H24N2O. The molecule has 0 aliphatic carbocycles. The summed E-state index contributed by atoms with van der Waals surface area (Å²) in [5.41, 5.74) is 0.0508. The molecule has 0 aromatic carbocycles. The van der Waals surface area contributed by atoms with Crippen molar-refractivity contribution in [2.75, 3.05) is 19.7 Å². The quantitative estimate of drug-likeness (QED) is 0.575. The Hall–Kier alpha value is -0.590. The number of hydrogen-bond donors (Lipinski definition) is 2. The topological polar surface area (TPSA) is 56.0 Å². The Bertz CT molecular complexity index is 174. The Balaban J connectivity index is 3.59. The lowest BCUT2D eigenvalue weighted by molar-refractivity contribution is 0.113. The number of hydrogen-bond acceptors (Lipinski definition) is 3. The van der Waals surface area contributed by atoms with Gasteiger partial charge in [-0.1, -0.05) is 13.8 Å². The first-order chi connectivity index (χ1) is 7.24. The second kappa shape index (κ2) is 8.70. The average molecular weight is 212 g/mol. The lowest BCUT2D eigenvalue weighted by Gasteiger charge is -2.29. The van der Waals surface area contributed by atoms with Crippen molar-refractivity contribution in [2.45, 2.75) is 46.0 Å². The first-order valence-corrected chi connectivity index (χ1v) is 5.93. The van der Waals surface area contributed by atoms with Gasteiger partial charge in [0, 0.05) is 25.0 Å². The van der Waals surface area contributed by atoms with E-state index in [0.717, 1.165) is 38.8 Å². The maximum atomic E-state index is 9.33. The van der Waals surface area contributed by atoms with E-state index in [-0.39, 0.29) is 12.0 Å². The van der Waals surface area contributed by atoms with Crippen LogP contribution in [-0.2, 0) is 0 Å². The number of aliphatic hydroxyl groups excluding tert-OH is 1. The minimum Gasteiger partial charge on any atom is -0.396 e. The third-order valence-electron chi connectivity index (χ3n) is 3.23. The minimum atomic E-state index is 0.0508. The van der Waals surface area contributed by atoms with Crippen LogP contribution in [0.4, 0.5) is 0 Å². The van der Waals surface area contributed by atoms with E-state index in [1.807, 2.05) is 0 Å². The van der Waals surface area contributed by atoms with E-state index >= 15 is 0 Å². The first-order valence-electron chi connectivity index (χ1n) is 5.93. The highest BCUT2D eigenvalue weighted by Gasteiger charge is 2.24. The van der Waals surface area contributed by atoms with Crippen LogP contribution in [0.3, 0.4) is 0 Å². The third-order valence-corrected chi connectivity index (χ3v) is 3.23. The number of rotatable bonds is 9. The molecule has 15 heavy (non-hydrogen) atoms. The van der Waals surface area contributed by atoms with Crippen molar-refractivity contribution in [1.82, 2.24) is 5.32 Å². The molecule has 0 saturated carbocycles. The number of nitriles is 1. The summed E-state index contributed by atoms with van der Waals surface area (Å²) in [5, 5.41) is 21.1. The standard InChI is InChI=1S/C12H24N2O/c1-3-12(4-2,11-15)10-14-9-7-5-6-8-13/h14-15H,3-7,9-11H2,1-2H3. The van der Waals surface area contributed by atoms with Crippen LogP contribution in [0.2, 0.25) is 0 Å². The Kier molecular flexibility index (Phi) is 8.35. The molecule has 0 aromatic rings. The summed E-state index contributed by atoms with van der Waals surface area (Å²) < 4.78 is 0. The highest BCUT2D eigenvalue weighted by molar-refractivity contribution is 4.78. The van der Waals surface area contributed by atoms with Crippen LogP contribution >= 0.6 is 0 Å². The van der Waals surface area contributed by atoms with Crippen LogP contribution in [0.15, 0.2) is 0 Å². The van der Waals surface area contributed by atoms with Gasteiger partial charge in [0.15, 0.2) is 0 Å². The van der Waals surface area contributed by atoms with Crippen LogP contribution in [0, 0.1) is 16.7 Å². The van der Waals surface area contributed by atoms with Gasteiger partial charge in [-0.2, -0.15) is 5.26 Å². The predicted octanol–water partition coefficient (Wildman–Crippen LogP) is 2.07. The normalized spacial score (nSPS) is 11.3. The largest absolute Gasteiger partial charge is 0.396 e. The maximum absolute atomic E-state index is 9.33. The van der Waals surface area contributed by atoms with Gasteiger partial charge in [0.25, 0.3) is 0 Å². The van der Waals surface area contributed by atoms with Gasteiger partial charge in [0.05, 0.1) is 6.07 Å². The van der Waals surface area contributed by atoms with E-state index in [1.54, 1.807) is 0 Å². The second-order valence-electron chi connectivity index (χ2n) is 4.16. The number of nitrogens with zero attached hydrogens (tertiary/aromatic N) is 1. The number of unbranched alkanes of at least 4 members (excludes halogenated alkanes) is 2. The molecule has 0 saturated heterocycles. The van der Waals surface area contributed by atoms with Crippen LogP contribution < -0.4 is 5.32 Å². The average Bonchev–Trinajstić information content (AvgIpc) is 2.29. The summed E-state index contributed by atoms with van der Waals surface area (Å²) in [6, 6.07) is 2.14. The number of aliphatic hydroxyl groups is 1. The van der Waals surface area contributed by atoms with Crippen LogP contribution in [0.25, 0.3) is 0 Å². The van der Waals surface area contributed by atoms with E-state index in [4.69, 9.17) is 5.26 Å². The lowest BCUT2D eigenvalue weighted by Crippen LogP contribution is -2.36. The van der Waals surface area contributed by atoms with Crippen LogP contribution in [0.1, 0.15) is 46.0 Å². The van der Waals surface area contributed by atoms with Gasteiger partial charge in [-0.25, -0.2) is 0 Å². The summed E-state index contributed by atoms with van der Waals surface area (Å²) in [4.78, 5) is 0.